The molecular formula is C21H28FN5O. The molecule has 1 fully saturated rings. The fraction of sp³-hybridized carbons (Fsp3) is 0.429. The van der Waals surface area contributed by atoms with Crippen LogP contribution in [-0.2, 0) is 0 Å². The Labute approximate surface area is 165 Å². The molecule has 0 bridgehead atoms. The Bertz CT molecular complexity index is 811. The summed E-state index contributed by atoms with van der Waals surface area (Å²) in [6, 6.07) is 9.18. The van der Waals surface area contributed by atoms with Gasteiger partial charge in [0.1, 0.15) is 11.6 Å². The molecule has 1 amide bonds. The summed E-state index contributed by atoms with van der Waals surface area (Å²) in [6.45, 7) is 7.50. The number of aromatic nitrogens is 1. The number of amides is 1. The number of carbonyl (C=O) groups is 1. The number of rotatable bonds is 6. The summed E-state index contributed by atoms with van der Waals surface area (Å²) in [7, 11) is 1.59. The zero-order chi connectivity index (χ0) is 20.1. The lowest BCUT2D eigenvalue weighted by Gasteiger charge is -2.35. The van der Waals surface area contributed by atoms with Crippen LogP contribution in [0.5, 0.6) is 0 Å². The summed E-state index contributed by atoms with van der Waals surface area (Å²) in [5.41, 5.74) is 2.01. The Morgan fingerprint density at radius 3 is 2.86 bits per heavy atom. The Balaban J connectivity index is 1.80. The Morgan fingerprint density at radius 1 is 1.39 bits per heavy atom. The first-order valence-electron chi connectivity index (χ1n) is 9.62. The number of anilines is 1. The third kappa shape index (κ3) is 5.05. The number of hydrogen-bond acceptors (Lipinski definition) is 5. The van der Waals surface area contributed by atoms with Crippen molar-refractivity contribution in [1.29, 1.82) is 0 Å². The van der Waals surface area contributed by atoms with Crippen molar-refractivity contribution in [2.24, 2.45) is 0 Å². The molecule has 1 aliphatic rings. The molecule has 0 spiro atoms. The number of pyridine rings is 1. The van der Waals surface area contributed by atoms with E-state index >= 15 is 0 Å². The van der Waals surface area contributed by atoms with Crippen LogP contribution in [0.3, 0.4) is 0 Å². The van der Waals surface area contributed by atoms with Crippen molar-refractivity contribution in [1.82, 2.24) is 20.5 Å². The SMILES string of the molecule is CNC(=O)c1ccc(NC(CN2CCN[C@H](C)C2)c2ccc(C)c(F)c2)nc1. The van der Waals surface area contributed by atoms with Crippen molar-refractivity contribution in [2.45, 2.75) is 25.9 Å². The monoisotopic (exact) mass is 385 g/mol. The Kier molecular flexibility index (Phi) is 6.59. The molecule has 2 aromatic rings. The molecule has 150 valence electrons. The van der Waals surface area contributed by atoms with Gasteiger partial charge in [-0.15, -0.1) is 0 Å². The first-order valence-corrected chi connectivity index (χ1v) is 9.62. The highest BCUT2D eigenvalue weighted by Crippen LogP contribution is 2.22. The van der Waals surface area contributed by atoms with E-state index in [1.807, 2.05) is 12.1 Å². The van der Waals surface area contributed by atoms with E-state index in [0.29, 0.717) is 23.0 Å². The molecule has 1 unspecified atom stereocenters. The average Bonchev–Trinajstić information content (AvgIpc) is 2.69. The number of hydrogen-bond donors (Lipinski definition) is 3. The molecule has 1 saturated heterocycles. The van der Waals surface area contributed by atoms with Crippen LogP contribution < -0.4 is 16.0 Å². The lowest BCUT2D eigenvalue weighted by Crippen LogP contribution is -2.50. The maximum Gasteiger partial charge on any atom is 0.252 e. The van der Waals surface area contributed by atoms with Gasteiger partial charge in [0, 0.05) is 45.5 Å². The minimum absolute atomic E-state index is 0.112. The highest BCUT2D eigenvalue weighted by molar-refractivity contribution is 5.93. The van der Waals surface area contributed by atoms with Crippen LogP contribution in [0.2, 0.25) is 0 Å². The maximum atomic E-state index is 14.2. The van der Waals surface area contributed by atoms with Crippen LogP contribution in [0.25, 0.3) is 0 Å². The minimum Gasteiger partial charge on any atom is -0.362 e. The molecule has 1 aromatic carbocycles. The lowest BCUT2D eigenvalue weighted by molar-refractivity contribution is 0.0963. The zero-order valence-electron chi connectivity index (χ0n) is 16.6. The smallest absolute Gasteiger partial charge is 0.252 e. The predicted octanol–water partition coefficient (Wildman–Crippen LogP) is 2.34. The van der Waals surface area contributed by atoms with Gasteiger partial charge >= 0.3 is 0 Å². The summed E-state index contributed by atoms with van der Waals surface area (Å²) >= 11 is 0. The van der Waals surface area contributed by atoms with E-state index in [0.717, 1.165) is 31.7 Å². The molecule has 0 radical (unpaired) electrons. The van der Waals surface area contributed by atoms with E-state index in [1.54, 1.807) is 38.4 Å². The van der Waals surface area contributed by atoms with Crippen LogP contribution in [0, 0.1) is 12.7 Å². The summed E-state index contributed by atoms with van der Waals surface area (Å²) in [4.78, 5) is 18.4. The Morgan fingerprint density at radius 2 is 2.21 bits per heavy atom. The quantitative estimate of drug-likeness (QED) is 0.712. The van der Waals surface area contributed by atoms with Gasteiger partial charge in [-0.3, -0.25) is 9.69 Å². The summed E-state index contributed by atoms with van der Waals surface area (Å²) in [6.07, 6.45) is 1.54. The van der Waals surface area contributed by atoms with E-state index < -0.39 is 0 Å². The fourth-order valence-electron chi connectivity index (χ4n) is 3.43. The van der Waals surface area contributed by atoms with Crippen molar-refractivity contribution in [2.75, 3.05) is 38.5 Å². The van der Waals surface area contributed by atoms with E-state index in [9.17, 15) is 9.18 Å². The first-order chi connectivity index (χ1) is 13.5. The zero-order valence-corrected chi connectivity index (χ0v) is 16.6. The largest absolute Gasteiger partial charge is 0.362 e. The summed E-state index contributed by atoms with van der Waals surface area (Å²) in [5, 5.41) is 9.44. The predicted molar refractivity (Wildman–Crippen MR) is 109 cm³/mol. The van der Waals surface area contributed by atoms with E-state index in [4.69, 9.17) is 0 Å². The highest BCUT2D eigenvalue weighted by atomic mass is 19.1. The van der Waals surface area contributed by atoms with Gasteiger partial charge in [0.25, 0.3) is 5.91 Å². The molecule has 28 heavy (non-hydrogen) atoms. The molecule has 6 nitrogen and oxygen atoms in total. The Hall–Kier alpha value is -2.51. The standard InChI is InChI=1S/C21H28FN5O/c1-14-4-5-16(10-18(14)22)19(13-27-9-8-24-15(2)12-27)26-20-7-6-17(11-25-20)21(28)23-3/h4-7,10-11,15,19,24H,8-9,12-13H2,1-3H3,(H,23,28)(H,25,26)/t15-,19?/m1/s1. The number of halogens is 1. The highest BCUT2D eigenvalue weighted by Gasteiger charge is 2.22. The van der Waals surface area contributed by atoms with Gasteiger partial charge in [-0.25, -0.2) is 9.37 Å². The maximum absolute atomic E-state index is 14.2. The number of carbonyl (C=O) groups excluding carboxylic acids is 1. The van der Waals surface area contributed by atoms with Crippen molar-refractivity contribution < 1.29 is 9.18 Å². The molecule has 3 N–H and O–H groups in total. The fourth-order valence-corrected chi connectivity index (χ4v) is 3.43. The normalized spacial score (nSPS) is 18.5. The molecule has 3 rings (SSSR count). The van der Waals surface area contributed by atoms with Gasteiger partial charge in [0.05, 0.1) is 11.6 Å². The molecule has 0 saturated carbocycles. The second-order valence-corrected chi connectivity index (χ2v) is 7.33. The van der Waals surface area contributed by atoms with Crippen molar-refractivity contribution in [3.63, 3.8) is 0 Å². The first kappa shape index (κ1) is 20.2. The average molecular weight is 385 g/mol. The molecule has 2 atom stereocenters. The molecule has 1 aliphatic heterocycles. The molecule has 7 heteroatoms. The van der Waals surface area contributed by atoms with Crippen LogP contribution in [0.4, 0.5) is 10.2 Å². The number of benzene rings is 1. The van der Waals surface area contributed by atoms with Gasteiger partial charge in [0.15, 0.2) is 0 Å². The van der Waals surface area contributed by atoms with Crippen LogP contribution in [0.15, 0.2) is 36.5 Å². The second kappa shape index (κ2) is 9.12. The number of nitrogens with zero attached hydrogens (tertiary/aromatic N) is 2. The molecule has 0 aliphatic carbocycles. The topological polar surface area (TPSA) is 69.3 Å². The lowest BCUT2D eigenvalue weighted by atomic mass is 10.0. The van der Waals surface area contributed by atoms with E-state index in [2.05, 4.69) is 32.8 Å². The van der Waals surface area contributed by atoms with Gasteiger partial charge < -0.3 is 16.0 Å². The van der Waals surface area contributed by atoms with Gasteiger partial charge in [-0.1, -0.05) is 12.1 Å². The number of piperazine rings is 1. The van der Waals surface area contributed by atoms with Crippen molar-refractivity contribution >= 4 is 11.7 Å². The van der Waals surface area contributed by atoms with Crippen LogP contribution in [0.1, 0.15) is 34.5 Å². The molecule has 1 aromatic heterocycles. The minimum atomic E-state index is -0.207. The summed E-state index contributed by atoms with van der Waals surface area (Å²) < 4.78 is 14.2. The molecular weight excluding hydrogens is 357 g/mol. The van der Waals surface area contributed by atoms with Crippen LogP contribution >= 0.6 is 0 Å². The third-order valence-corrected chi connectivity index (χ3v) is 5.07. The van der Waals surface area contributed by atoms with Gasteiger partial charge in [0.2, 0.25) is 0 Å². The van der Waals surface area contributed by atoms with E-state index in [1.165, 1.54) is 0 Å². The van der Waals surface area contributed by atoms with E-state index in [-0.39, 0.29) is 17.8 Å². The third-order valence-electron chi connectivity index (χ3n) is 5.07. The van der Waals surface area contributed by atoms with Crippen LogP contribution in [-0.4, -0.2) is 55.1 Å². The van der Waals surface area contributed by atoms with Crippen molar-refractivity contribution in [3.05, 3.63) is 59.0 Å². The number of nitrogens with one attached hydrogen (secondary N) is 3. The second-order valence-electron chi connectivity index (χ2n) is 7.33. The summed E-state index contributed by atoms with van der Waals surface area (Å²) in [5.74, 6) is 0.272. The number of aryl methyl sites for hydroxylation is 1. The van der Waals surface area contributed by atoms with Gasteiger partial charge in [-0.2, -0.15) is 0 Å². The molecule has 2 heterocycles. The van der Waals surface area contributed by atoms with Gasteiger partial charge in [-0.05, 0) is 43.2 Å². The van der Waals surface area contributed by atoms with Crippen molar-refractivity contribution in [3.8, 4) is 0 Å².